The van der Waals surface area contributed by atoms with Crippen LogP contribution in [0.3, 0.4) is 0 Å². The number of rotatable bonds is 4. The number of carboxylic acid groups (broad SMARTS) is 1. The third-order valence-corrected chi connectivity index (χ3v) is 6.16. The van der Waals surface area contributed by atoms with Crippen LogP contribution in [-0.4, -0.2) is 44.9 Å². The third kappa shape index (κ3) is 3.48. The molecule has 0 saturated carbocycles. The number of imidazole rings is 1. The van der Waals surface area contributed by atoms with Gasteiger partial charge in [-0.3, -0.25) is 0 Å². The summed E-state index contributed by atoms with van der Waals surface area (Å²) in [5, 5.41) is 9.12. The van der Waals surface area contributed by atoms with Gasteiger partial charge in [-0.05, 0) is 25.1 Å². The topological polar surface area (TPSA) is 97.3 Å². The molecular formula is C21H18F5N3O4. The van der Waals surface area contributed by atoms with Gasteiger partial charge in [0.05, 0.1) is 12.6 Å². The lowest BCUT2D eigenvalue weighted by Crippen LogP contribution is -2.46. The van der Waals surface area contributed by atoms with Crippen molar-refractivity contribution in [2.45, 2.75) is 37.6 Å². The number of fused-ring (bicyclic) bond motifs is 1. The van der Waals surface area contributed by atoms with Crippen LogP contribution in [0.2, 0.25) is 0 Å². The number of hydrogen-bond acceptors (Lipinski definition) is 5. The first-order chi connectivity index (χ1) is 15.4. The van der Waals surface area contributed by atoms with E-state index in [1.807, 2.05) is 0 Å². The normalized spacial score (nSPS) is 25.5. The molecule has 2 aromatic heterocycles. The minimum absolute atomic E-state index is 0.0264. The molecule has 33 heavy (non-hydrogen) atoms. The molecule has 4 atom stereocenters. The van der Waals surface area contributed by atoms with Crippen molar-refractivity contribution in [2.75, 3.05) is 7.11 Å². The Kier molecular flexibility index (Phi) is 5.31. The van der Waals surface area contributed by atoms with E-state index in [1.165, 1.54) is 19.1 Å². The molecule has 1 aromatic carbocycles. The van der Waals surface area contributed by atoms with Crippen LogP contribution in [0.5, 0.6) is 5.75 Å². The lowest BCUT2D eigenvalue weighted by molar-refractivity contribution is -0.275. The molecule has 3 aromatic rings. The molecule has 176 valence electrons. The van der Waals surface area contributed by atoms with Crippen LogP contribution in [0, 0.1) is 17.6 Å². The van der Waals surface area contributed by atoms with Crippen LogP contribution < -0.4 is 4.74 Å². The number of benzene rings is 1. The van der Waals surface area contributed by atoms with Gasteiger partial charge in [0.25, 0.3) is 0 Å². The largest absolute Gasteiger partial charge is 0.493 e. The van der Waals surface area contributed by atoms with Crippen molar-refractivity contribution < 1.29 is 41.3 Å². The lowest BCUT2D eigenvalue weighted by atomic mass is 9.77. The van der Waals surface area contributed by atoms with E-state index in [1.54, 1.807) is 0 Å². The van der Waals surface area contributed by atoms with Crippen molar-refractivity contribution in [3.63, 3.8) is 0 Å². The first-order valence-electron chi connectivity index (χ1n) is 9.75. The fraction of sp³-hybridized carbons (Fsp3) is 0.381. The predicted octanol–water partition coefficient (Wildman–Crippen LogP) is 4.76. The first-order valence-corrected chi connectivity index (χ1v) is 9.75. The highest BCUT2D eigenvalue weighted by Crippen LogP contribution is 2.59. The average molecular weight is 471 g/mol. The maximum atomic E-state index is 14.4. The van der Waals surface area contributed by atoms with E-state index in [9.17, 15) is 26.7 Å². The standard InChI is InChI=1S/C21H18F5N3O4/c1-8-13(9-4-5-10(22)14(23)15(9)32-3)16(33-20(8,2)21(24,25)26)18-27-11-6-7-12(19(30)31)28-17(11)29-18/h4-8,13,16H,1-3H3,(H,30,31)(H,27,28,29)/t8?,13-,16?,20+/m0/s1. The number of carbonyl (C=O) groups is 1. The summed E-state index contributed by atoms with van der Waals surface area (Å²) in [6, 6.07) is 4.54. The zero-order chi connectivity index (χ0) is 24.3. The van der Waals surface area contributed by atoms with Crippen molar-refractivity contribution in [1.82, 2.24) is 15.0 Å². The molecule has 1 fully saturated rings. The van der Waals surface area contributed by atoms with Gasteiger partial charge in [-0.25, -0.2) is 19.2 Å². The number of hydrogen-bond donors (Lipinski definition) is 2. The number of carboxylic acids is 1. The first kappa shape index (κ1) is 22.9. The number of aromatic carboxylic acids is 1. The summed E-state index contributed by atoms with van der Waals surface area (Å²) in [4.78, 5) is 22.0. The zero-order valence-corrected chi connectivity index (χ0v) is 17.5. The Morgan fingerprint density at radius 3 is 2.52 bits per heavy atom. The van der Waals surface area contributed by atoms with Crippen molar-refractivity contribution in [2.24, 2.45) is 5.92 Å². The number of alkyl halides is 3. The van der Waals surface area contributed by atoms with Gasteiger partial charge in [0.15, 0.2) is 28.5 Å². The molecule has 2 unspecified atom stereocenters. The highest BCUT2D eigenvalue weighted by atomic mass is 19.4. The minimum Gasteiger partial charge on any atom is -0.493 e. The summed E-state index contributed by atoms with van der Waals surface area (Å²) in [5.74, 6) is -6.88. The highest BCUT2D eigenvalue weighted by molar-refractivity contribution is 5.88. The van der Waals surface area contributed by atoms with Crippen molar-refractivity contribution in [3.05, 3.63) is 53.0 Å². The Bertz CT molecular complexity index is 1240. The molecule has 12 heteroatoms. The van der Waals surface area contributed by atoms with Gasteiger partial charge >= 0.3 is 12.1 Å². The highest BCUT2D eigenvalue weighted by Gasteiger charge is 2.65. The Balaban J connectivity index is 1.91. The number of aromatic amines is 1. The fourth-order valence-corrected chi connectivity index (χ4v) is 4.21. The second-order valence-corrected chi connectivity index (χ2v) is 7.94. The number of H-pyrrole nitrogens is 1. The Labute approximate surface area is 183 Å². The summed E-state index contributed by atoms with van der Waals surface area (Å²) < 4.78 is 80.9. The van der Waals surface area contributed by atoms with Gasteiger partial charge in [-0.2, -0.15) is 17.6 Å². The van der Waals surface area contributed by atoms with Gasteiger partial charge in [0, 0.05) is 17.4 Å². The van der Waals surface area contributed by atoms with Crippen LogP contribution >= 0.6 is 0 Å². The third-order valence-electron chi connectivity index (χ3n) is 6.16. The summed E-state index contributed by atoms with van der Waals surface area (Å²) >= 11 is 0. The number of ether oxygens (including phenoxy) is 2. The maximum absolute atomic E-state index is 14.4. The fourth-order valence-electron chi connectivity index (χ4n) is 4.21. The number of nitrogens with one attached hydrogen (secondary N) is 1. The van der Waals surface area contributed by atoms with Gasteiger partial charge in [0.2, 0.25) is 5.82 Å². The average Bonchev–Trinajstić information content (AvgIpc) is 3.28. The van der Waals surface area contributed by atoms with Crippen LogP contribution in [0.1, 0.15) is 47.7 Å². The molecule has 2 N–H and O–H groups in total. The molecule has 0 radical (unpaired) electrons. The molecule has 3 heterocycles. The minimum atomic E-state index is -4.80. The molecule has 1 aliphatic heterocycles. The molecule has 0 spiro atoms. The molecule has 1 aliphatic rings. The van der Waals surface area contributed by atoms with Crippen LogP contribution in [0.15, 0.2) is 24.3 Å². The van der Waals surface area contributed by atoms with Crippen LogP contribution in [0.25, 0.3) is 11.2 Å². The Morgan fingerprint density at radius 2 is 1.91 bits per heavy atom. The Morgan fingerprint density at radius 1 is 1.21 bits per heavy atom. The number of halogens is 5. The molecule has 0 amide bonds. The van der Waals surface area contributed by atoms with Gasteiger partial charge in [0.1, 0.15) is 11.9 Å². The molecular weight excluding hydrogens is 453 g/mol. The van der Waals surface area contributed by atoms with E-state index in [0.29, 0.717) is 0 Å². The van der Waals surface area contributed by atoms with Crippen molar-refractivity contribution >= 4 is 17.1 Å². The van der Waals surface area contributed by atoms with E-state index in [2.05, 4.69) is 15.0 Å². The van der Waals surface area contributed by atoms with E-state index in [-0.39, 0.29) is 28.2 Å². The number of aromatic nitrogens is 3. The number of pyridine rings is 1. The van der Waals surface area contributed by atoms with Crippen LogP contribution in [-0.2, 0) is 4.74 Å². The Hall–Kier alpha value is -3.28. The monoisotopic (exact) mass is 471 g/mol. The number of nitrogens with zero attached hydrogens (tertiary/aromatic N) is 2. The predicted molar refractivity (Wildman–Crippen MR) is 104 cm³/mol. The summed E-state index contributed by atoms with van der Waals surface area (Å²) in [6.07, 6.45) is -6.18. The van der Waals surface area contributed by atoms with E-state index < -0.39 is 53.1 Å². The lowest BCUT2D eigenvalue weighted by Gasteiger charge is -2.32. The maximum Gasteiger partial charge on any atom is 0.417 e. The summed E-state index contributed by atoms with van der Waals surface area (Å²) in [7, 11) is 1.08. The second kappa shape index (κ2) is 7.65. The molecule has 7 nitrogen and oxygen atoms in total. The molecule has 0 bridgehead atoms. The SMILES string of the molecule is COc1c([C@H]2C(c3nc4nc(C(=O)O)ccc4[nH]3)O[C@@](C)(C(F)(F)F)C2C)ccc(F)c1F. The van der Waals surface area contributed by atoms with Crippen molar-refractivity contribution in [1.29, 1.82) is 0 Å². The zero-order valence-electron chi connectivity index (χ0n) is 17.5. The molecule has 4 rings (SSSR count). The molecule has 1 saturated heterocycles. The van der Waals surface area contributed by atoms with Gasteiger partial charge in [-0.1, -0.05) is 13.0 Å². The number of methoxy groups -OCH3 is 1. The van der Waals surface area contributed by atoms with Crippen LogP contribution in [0.4, 0.5) is 22.0 Å². The summed E-state index contributed by atoms with van der Waals surface area (Å²) in [5.41, 5.74) is -2.76. The van der Waals surface area contributed by atoms with Gasteiger partial charge in [-0.15, -0.1) is 0 Å². The van der Waals surface area contributed by atoms with Crippen molar-refractivity contribution in [3.8, 4) is 5.75 Å². The second-order valence-electron chi connectivity index (χ2n) is 7.94. The van der Waals surface area contributed by atoms with Gasteiger partial charge < -0.3 is 19.6 Å². The molecule has 0 aliphatic carbocycles. The van der Waals surface area contributed by atoms with E-state index >= 15 is 0 Å². The van der Waals surface area contributed by atoms with E-state index in [4.69, 9.17) is 14.6 Å². The summed E-state index contributed by atoms with van der Waals surface area (Å²) in [6.45, 7) is 2.17. The van der Waals surface area contributed by atoms with E-state index in [0.717, 1.165) is 26.2 Å². The smallest absolute Gasteiger partial charge is 0.417 e. The quantitative estimate of drug-likeness (QED) is 0.533.